The molecule has 3 rings (SSSR count). The summed E-state index contributed by atoms with van der Waals surface area (Å²) in [5.74, 6) is 0.727. The fraction of sp³-hybridized carbons (Fsp3) is 0.467. The smallest absolute Gasteiger partial charge is 0.138 e. The molecule has 3 aliphatic rings. The van der Waals surface area contributed by atoms with Crippen LogP contribution in [0.5, 0.6) is 0 Å². The van der Waals surface area contributed by atoms with Crippen LogP contribution in [0.2, 0.25) is 0 Å². The molecule has 0 aliphatic carbocycles. The molecule has 0 aromatic rings. The Morgan fingerprint density at radius 3 is 2.95 bits per heavy atom. The molecule has 0 saturated heterocycles. The minimum atomic E-state index is -0.275. The van der Waals surface area contributed by atoms with E-state index >= 15 is 0 Å². The van der Waals surface area contributed by atoms with E-state index in [9.17, 15) is 5.26 Å². The van der Waals surface area contributed by atoms with Gasteiger partial charge in [-0.3, -0.25) is 9.83 Å². The molecule has 6 nitrogen and oxygen atoms in total. The van der Waals surface area contributed by atoms with Crippen molar-refractivity contribution in [2.75, 3.05) is 20.3 Å². The summed E-state index contributed by atoms with van der Waals surface area (Å²) in [7, 11) is 1.65. The molecule has 6 heteroatoms. The second-order valence-electron chi connectivity index (χ2n) is 5.32. The second-order valence-corrected chi connectivity index (χ2v) is 5.32. The molecule has 1 atom stereocenters. The van der Waals surface area contributed by atoms with Crippen molar-refractivity contribution in [3.63, 3.8) is 0 Å². The number of nitrogens with zero attached hydrogens (tertiary/aromatic N) is 5. The van der Waals surface area contributed by atoms with Crippen molar-refractivity contribution in [3.05, 3.63) is 35.2 Å². The van der Waals surface area contributed by atoms with Gasteiger partial charge in [-0.15, -0.1) is 0 Å². The molecule has 0 N–H and O–H groups in total. The number of rotatable bonds is 3. The van der Waals surface area contributed by atoms with Crippen LogP contribution >= 0.6 is 0 Å². The zero-order valence-electron chi connectivity index (χ0n) is 12.6. The predicted octanol–water partition coefficient (Wildman–Crippen LogP) is 1.99. The van der Waals surface area contributed by atoms with Crippen molar-refractivity contribution < 1.29 is 4.84 Å². The summed E-state index contributed by atoms with van der Waals surface area (Å²) in [6.07, 6.45) is 6.83. The lowest BCUT2D eigenvalue weighted by atomic mass is 9.95. The number of nitriles is 1. The van der Waals surface area contributed by atoms with Gasteiger partial charge in [-0.05, 0) is 18.9 Å². The van der Waals surface area contributed by atoms with Crippen molar-refractivity contribution in [2.24, 2.45) is 10.9 Å². The fourth-order valence-corrected chi connectivity index (χ4v) is 2.89. The van der Waals surface area contributed by atoms with Crippen molar-refractivity contribution in [1.82, 2.24) is 14.9 Å². The highest BCUT2D eigenvalue weighted by Crippen LogP contribution is 2.38. The maximum Gasteiger partial charge on any atom is 0.138 e. The number of hydroxylamine groups is 2. The normalized spacial score (nSPS) is 23.7. The van der Waals surface area contributed by atoms with Crippen LogP contribution in [0.4, 0.5) is 0 Å². The zero-order valence-corrected chi connectivity index (χ0v) is 12.6. The summed E-state index contributed by atoms with van der Waals surface area (Å²) in [5, 5.41) is 11.2. The Kier molecular flexibility index (Phi) is 3.43. The van der Waals surface area contributed by atoms with Crippen LogP contribution in [0.15, 0.2) is 40.2 Å². The minimum Gasteiger partial charge on any atom is -0.333 e. The van der Waals surface area contributed by atoms with Gasteiger partial charge in [0, 0.05) is 12.7 Å². The molecule has 21 heavy (non-hydrogen) atoms. The Balaban J connectivity index is 2.04. The van der Waals surface area contributed by atoms with Crippen LogP contribution in [-0.4, -0.2) is 41.4 Å². The maximum atomic E-state index is 9.47. The summed E-state index contributed by atoms with van der Waals surface area (Å²) in [4.78, 5) is 14.2. The minimum absolute atomic E-state index is 0.275. The van der Waals surface area contributed by atoms with Gasteiger partial charge in [0.25, 0.3) is 0 Å². The Morgan fingerprint density at radius 1 is 1.48 bits per heavy atom. The number of hydrogen-bond acceptors (Lipinski definition) is 6. The van der Waals surface area contributed by atoms with Gasteiger partial charge in [-0.1, -0.05) is 6.92 Å². The van der Waals surface area contributed by atoms with E-state index in [1.165, 1.54) is 0 Å². The molecule has 0 fully saturated rings. The molecule has 3 heterocycles. The molecule has 110 valence electrons. The van der Waals surface area contributed by atoms with Crippen molar-refractivity contribution >= 4 is 6.21 Å². The Labute approximate surface area is 124 Å². The maximum absolute atomic E-state index is 9.47. The van der Waals surface area contributed by atoms with Crippen LogP contribution in [0.3, 0.4) is 0 Å². The molecular formula is C15H19N5O. The molecular weight excluding hydrogens is 266 g/mol. The van der Waals surface area contributed by atoms with E-state index in [1.807, 2.05) is 19.3 Å². The average molecular weight is 285 g/mol. The highest BCUT2D eigenvalue weighted by atomic mass is 16.7. The Hall–Kier alpha value is -2.26. The third-order valence-electron chi connectivity index (χ3n) is 3.88. The Bertz CT molecular complexity index is 610. The molecule has 0 spiro atoms. The molecule has 0 aromatic carbocycles. The van der Waals surface area contributed by atoms with Crippen molar-refractivity contribution in [2.45, 2.75) is 20.3 Å². The summed E-state index contributed by atoms with van der Waals surface area (Å²) in [6, 6.07) is 2.36. The van der Waals surface area contributed by atoms with Crippen molar-refractivity contribution in [1.29, 1.82) is 5.26 Å². The van der Waals surface area contributed by atoms with Crippen LogP contribution in [0.25, 0.3) is 0 Å². The van der Waals surface area contributed by atoms with Gasteiger partial charge in [-0.2, -0.15) is 5.26 Å². The fourth-order valence-electron chi connectivity index (χ4n) is 2.89. The first kappa shape index (κ1) is 13.7. The molecule has 0 saturated carbocycles. The van der Waals surface area contributed by atoms with Crippen LogP contribution in [0.1, 0.15) is 20.3 Å². The van der Waals surface area contributed by atoms with Gasteiger partial charge in [0.1, 0.15) is 24.1 Å². The topological polar surface area (TPSA) is 55.1 Å². The highest BCUT2D eigenvalue weighted by molar-refractivity contribution is 5.81. The molecule has 3 aliphatic heterocycles. The van der Waals surface area contributed by atoms with Gasteiger partial charge in [0.15, 0.2) is 0 Å². The van der Waals surface area contributed by atoms with E-state index < -0.39 is 0 Å². The summed E-state index contributed by atoms with van der Waals surface area (Å²) in [6.45, 7) is 5.66. The molecule has 1 unspecified atom stereocenters. The lowest BCUT2D eigenvalue weighted by Gasteiger charge is -2.39. The standard InChI is InChI=1S/C15H19N5O/c1-4-5-18-8-11(2)13(6-16)14-15(18)20-10-19(21-3)9-12(20)7-17-14/h7-9,13H,4-5,10H2,1-3H3. The lowest BCUT2D eigenvalue weighted by molar-refractivity contribution is -0.0968. The van der Waals surface area contributed by atoms with Gasteiger partial charge in [0.05, 0.1) is 31.3 Å². The zero-order chi connectivity index (χ0) is 15.0. The van der Waals surface area contributed by atoms with Crippen LogP contribution in [-0.2, 0) is 4.84 Å². The van der Waals surface area contributed by atoms with E-state index in [-0.39, 0.29) is 5.92 Å². The predicted molar refractivity (Wildman–Crippen MR) is 79.0 cm³/mol. The number of aliphatic imine (C=N–C) groups is 1. The van der Waals surface area contributed by atoms with Crippen LogP contribution < -0.4 is 0 Å². The third-order valence-corrected chi connectivity index (χ3v) is 3.88. The quantitative estimate of drug-likeness (QED) is 0.793. The van der Waals surface area contributed by atoms with E-state index in [0.29, 0.717) is 6.67 Å². The van der Waals surface area contributed by atoms with Gasteiger partial charge in [-0.25, -0.2) is 5.06 Å². The van der Waals surface area contributed by atoms with Crippen LogP contribution in [0, 0.1) is 17.2 Å². The van der Waals surface area contributed by atoms with Gasteiger partial charge < -0.3 is 9.80 Å². The highest BCUT2D eigenvalue weighted by Gasteiger charge is 2.36. The summed E-state index contributed by atoms with van der Waals surface area (Å²) in [5.41, 5.74) is 2.86. The summed E-state index contributed by atoms with van der Waals surface area (Å²) < 4.78 is 0. The number of fused-ring (bicyclic) bond motifs is 2. The average Bonchev–Trinajstić information content (AvgIpc) is 2.90. The van der Waals surface area contributed by atoms with E-state index in [4.69, 9.17) is 4.84 Å². The number of allylic oxidation sites excluding steroid dienone is 2. The largest absolute Gasteiger partial charge is 0.333 e. The lowest BCUT2D eigenvalue weighted by Crippen LogP contribution is -2.40. The number of hydrogen-bond donors (Lipinski definition) is 0. The van der Waals surface area contributed by atoms with E-state index in [1.54, 1.807) is 12.2 Å². The molecule has 0 amide bonds. The molecule has 0 aromatic heterocycles. The van der Waals surface area contributed by atoms with E-state index in [2.05, 4.69) is 34.0 Å². The third kappa shape index (κ3) is 2.10. The van der Waals surface area contributed by atoms with Gasteiger partial charge >= 0.3 is 0 Å². The monoisotopic (exact) mass is 285 g/mol. The van der Waals surface area contributed by atoms with E-state index in [0.717, 1.165) is 35.8 Å². The Morgan fingerprint density at radius 2 is 2.29 bits per heavy atom. The molecule has 0 bridgehead atoms. The summed E-state index contributed by atoms with van der Waals surface area (Å²) >= 11 is 0. The first-order chi connectivity index (χ1) is 10.2. The second kappa shape index (κ2) is 5.26. The first-order valence-electron chi connectivity index (χ1n) is 7.12. The SMILES string of the molecule is CCCN1C=C(C)C(C#N)C2=C1N1CN(OC)C=C1C=N2. The molecule has 0 radical (unpaired) electrons. The van der Waals surface area contributed by atoms with Crippen molar-refractivity contribution in [3.8, 4) is 6.07 Å². The van der Waals surface area contributed by atoms with Gasteiger partial charge in [0.2, 0.25) is 0 Å². The first-order valence-corrected chi connectivity index (χ1v) is 7.12.